The van der Waals surface area contributed by atoms with Crippen LogP contribution in [-0.2, 0) is 10.8 Å². The van der Waals surface area contributed by atoms with Crippen molar-refractivity contribution in [1.82, 2.24) is 5.32 Å². The Morgan fingerprint density at radius 1 is 1.11 bits per heavy atom. The Balaban J connectivity index is 2.04. The van der Waals surface area contributed by atoms with Gasteiger partial charge in [0.2, 0.25) is 0 Å². The van der Waals surface area contributed by atoms with Crippen LogP contribution in [0.5, 0.6) is 0 Å². The molecule has 1 atom stereocenters. The molecule has 1 N–H and O–H groups in total. The van der Waals surface area contributed by atoms with Crippen LogP contribution in [0.25, 0.3) is 10.8 Å². The molecule has 0 amide bonds. The molecule has 0 saturated heterocycles. The van der Waals surface area contributed by atoms with Crippen LogP contribution in [0.3, 0.4) is 0 Å². The third-order valence-corrected chi connectivity index (χ3v) is 4.36. The molecule has 2 rings (SSSR count). The monoisotopic (exact) mass is 261 g/mol. The first-order valence-corrected chi connectivity index (χ1v) is 7.71. The summed E-state index contributed by atoms with van der Waals surface area (Å²) in [6.45, 7) is 4.00. The highest BCUT2D eigenvalue weighted by molar-refractivity contribution is 7.85. The number of nitrogens with one attached hydrogen (secondary N) is 1. The highest BCUT2D eigenvalue weighted by atomic mass is 32.2. The second kappa shape index (κ2) is 6.66. The van der Waals surface area contributed by atoms with Crippen molar-refractivity contribution in [2.45, 2.75) is 18.2 Å². The number of benzene rings is 2. The van der Waals surface area contributed by atoms with Gasteiger partial charge in [0.1, 0.15) is 0 Å². The van der Waals surface area contributed by atoms with E-state index in [0.717, 1.165) is 35.5 Å². The molecule has 1 unspecified atom stereocenters. The second-order valence-corrected chi connectivity index (χ2v) is 5.84. The van der Waals surface area contributed by atoms with Crippen LogP contribution >= 0.6 is 0 Å². The number of hydrogen-bond donors (Lipinski definition) is 1. The summed E-state index contributed by atoms with van der Waals surface area (Å²) in [7, 11) is -0.883. The molecule has 0 saturated carbocycles. The van der Waals surface area contributed by atoms with E-state index in [9.17, 15) is 4.21 Å². The maximum Gasteiger partial charge on any atom is 0.0530 e. The van der Waals surface area contributed by atoms with Crippen LogP contribution < -0.4 is 5.32 Å². The van der Waals surface area contributed by atoms with E-state index in [0.29, 0.717) is 0 Å². The number of fused-ring (bicyclic) bond motifs is 1. The number of hydrogen-bond acceptors (Lipinski definition) is 2. The van der Waals surface area contributed by atoms with Crippen molar-refractivity contribution < 1.29 is 4.21 Å². The highest BCUT2D eigenvalue weighted by Crippen LogP contribution is 2.18. The van der Waals surface area contributed by atoms with Crippen LogP contribution in [0.15, 0.2) is 47.4 Å². The van der Waals surface area contributed by atoms with E-state index >= 15 is 0 Å². The van der Waals surface area contributed by atoms with Gasteiger partial charge in [0.05, 0.1) is 10.8 Å². The summed E-state index contributed by atoms with van der Waals surface area (Å²) in [5.74, 6) is 0.728. The normalized spacial score (nSPS) is 12.7. The lowest BCUT2D eigenvalue weighted by molar-refractivity contribution is 0.670. The summed E-state index contributed by atoms with van der Waals surface area (Å²) >= 11 is 0. The van der Waals surface area contributed by atoms with Crippen molar-refractivity contribution in [3.05, 3.63) is 42.5 Å². The molecule has 0 bridgehead atoms. The van der Waals surface area contributed by atoms with E-state index in [-0.39, 0.29) is 0 Å². The van der Waals surface area contributed by atoms with Gasteiger partial charge in [-0.3, -0.25) is 4.21 Å². The molecule has 2 nitrogen and oxygen atoms in total. The lowest BCUT2D eigenvalue weighted by Crippen LogP contribution is -2.16. The first-order valence-electron chi connectivity index (χ1n) is 6.39. The van der Waals surface area contributed by atoms with Gasteiger partial charge < -0.3 is 5.32 Å². The van der Waals surface area contributed by atoms with Gasteiger partial charge in [-0.15, -0.1) is 0 Å². The minimum atomic E-state index is -0.883. The van der Waals surface area contributed by atoms with E-state index in [1.807, 2.05) is 30.3 Å². The zero-order valence-corrected chi connectivity index (χ0v) is 11.5. The molecule has 0 aliphatic heterocycles. The zero-order valence-electron chi connectivity index (χ0n) is 10.7. The summed E-state index contributed by atoms with van der Waals surface area (Å²) in [6, 6.07) is 14.2. The van der Waals surface area contributed by atoms with Gasteiger partial charge in [0.15, 0.2) is 0 Å². The lowest BCUT2D eigenvalue weighted by atomic mass is 10.1. The molecule has 18 heavy (non-hydrogen) atoms. The number of rotatable bonds is 6. The molecule has 2 aromatic carbocycles. The predicted molar refractivity (Wildman–Crippen MR) is 78.4 cm³/mol. The smallest absolute Gasteiger partial charge is 0.0530 e. The fourth-order valence-corrected chi connectivity index (χ4v) is 3.05. The fraction of sp³-hybridized carbons (Fsp3) is 0.333. The topological polar surface area (TPSA) is 29.1 Å². The van der Waals surface area contributed by atoms with E-state index in [1.165, 1.54) is 5.39 Å². The molecule has 2 aromatic rings. The maximum absolute atomic E-state index is 12.1. The molecule has 0 spiro atoms. The molecular formula is C15H19NOS. The van der Waals surface area contributed by atoms with Gasteiger partial charge in [-0.25, -0.2) is 0 Å². The Kier molecular flexibility index (Phi) is 4.90. The van der Waals surface area contributed by atoms with Crippen molar-refractivity contribution >= 4 is 21.6 Å². The van der Waals surface area contributed by atoms with E-state index in [4.69, 9.17) is 0 Å². The molecule has 0 aliphatic carbocycles. The van der Waals surface area contributed by atoms with Gasteiger partial charge in [-0.2, -0.15) is 0 Å². The van der Waals surface area contributed by atoms with Crippen molar-refractivity contribution in [2.24, 2.45) is 0 Å². The van der Waals surface area contributed by atoms with Crippen LogP contribution in [-0.4, -0.2) is 23.1 Å². The quantitative estimate of drug-likeness (QED) is 0.810. The largest absolute Gasteiger partial charge is 0.317 e. The van der Waals surface area contributed by atoms with Crippen molar-refractivity contribution in [3.8, 4) is 0 Å². The SMILES string of the molecule is CCNCCCS(=O)c1ccc2ccccc2c1. The first kappa shape index (κ1) is 13.2. The average Bonchev–Trinajstić information content (AvgIpc) is 2.43. The molecule has 0 fully saturated rings. The minimum Gasteiger partial charge on any atom is -0.317 e. The minimum absolute atomic E-state index is 0.728. The Bertz CT molecular complexity index is 539. The van der Waals surface area contributed by atoms with Crippen LogP contribution in [0.2, 0.25) is 0 Å². The van der Waals surface area contributed by atoms with Gasteiger partial charge in [0, 0.05) is 10.6 Å². The Hall–Kier alpha value is -1.19. The zero-order chi connectivity index (χ0) is 12.8. The van der Waals surface area contributed by atoms with E-state index in [2.05, 4.69) is 24.4 Å². The summed E-state index contributed by atoms with van der Waals surface area (Å²) in [6.07, 6.45) is 0.952. The maximum atomic E-state index is 12.1. The highest BCUT2D eigenvalue weighted by Gasteiger charge is 2.04. The second-order valence-electron chi connectivity index (χ2n) is 4.27. The summed E-state index contributed by atoms with van der Waals surface area (Å²) in [5.41, 5.74) is 0. The van der Waals surface area contributed by atoms with Crippen molar-refractivity contribution in [1.29, 1.82) is 0 Å². The molecule has 3 heteroatoms. The molecule has 96 valence electrons. The van der Waals surface area contributed by atoms with Crippen LogP contribution in [0, 0.1) is 0 Å². The molecular weight excluding hydrogens is 242 g/mol. The Morgan fingerprint density at radius 2 is 1.89 bits per heavy atom. The average molecular weight is 261 g/mol. The van der Waals surface area contributed by atoms with Gasteiger partial charge in [0.25, 0.3) is 0 Å². The van der Waals surface area contributed by atoms with Gasteiger partial charge in [-0.1, -0.05) is 37.3 Å². The Morgan fingerprint density at radius 3 is 2.67 bits per heavy atom. The third-order valence-electron chi connectivity index (χ3n) is 2.92. The van der Waals surface area contributed by atoms with Crippen molar-refractivity contribution in [2.75, 3.05) is 18.8 Å². The molecule has 0 aromatic heterocycles. The molecule has 0 radical (unpaired) electrons. The first-order chi connectivity index (χ1) is 8.81. The predicted octanol–water partition coefficient (Wildman–Crippen LogP) is 2.95. The van der Waals surface area contributed by atoms with E-state index in [1.54, 1.807) is 0 Å². The summed E-state index contributed by atoms with van der Waals surface area (Å²) in [5, 5.41) is 5.61. The third kappa shape index (κ3) is 3.40. The van der Waals surface area contributed by atoms with E-state index < -0.39 is 10.8 Å². The van der Waals surface area contributed by atoms with Gasteiger partial charge >= 0.3 is 0 Å². The van der Waals surface area contributed by atoms with Crippen LogP contribution in [0.1, 0.15) is 13.3 Å². The van der Waals surface area contributed by atoms with Crippen molar-refractivity contribution in [3.63, 3.8) is 0 Å². The lowest BCUT2D eigenvalue weighted by Gasteiger charge is -2.05. The van der Waals surface area contributed by atoms with Gasteiger partial charge in [-0.05, 0) is 42.4 Å². The molecule has 0 aliphatic rings. The van der Waals surface area contributed by atoms with Crippen LogP contribution in [0.4, 0.5) is 0 Å². The Labute approximate surface area is 111 Å². The summed E-state index contributed by atoms with van der Waals surface area (Å²) in [4.78, 5) is 0.935. The summed E-state index contributed by atoms with van der Waals surface area (Å²) < 4.78 is 12.1. The molecule has 0 heterocycles. The fourth-order valence-electron chi connectivity index (χ4n) is 1.93. The standard InChI is InChI=1S/C15H19NOS/c1-2-16-10-5-11-18(17)15-9-8-13-6-3-4-7-14(13)12-15/h3-4,6-9,12,16H,2,5,10-11H2,1H3.